The molecule has 0 bridgehead atoms. The first kappa shape index (κ1) is 23.3. The molecule has 0 radical (unpaired) electrons. The second kappa shape index (κ2) is 9.97. The molecule has 33 heavy (non-hydrogen) atoms. The summed E-state index contributed by atoms with van der Waals surface area (Å²) >= 11 is 0. The van der Waals surface area contributed by atoms with Crippen LogP contribution in [0.25, 0.3) is 22.6 Å². The van der Waals surface area contributed by atoms with E-state index < -0.39 is 0 Å². The first-order valence-electron chi connectivity index (χ1n) is 11.5. The largest absolute Gasteiger partial charge is 0.462 e. The number of hydrogen-bond donors (Lipinski definition) is 2. The summed E-state index contributed by atoms with van der Waals surface area (Å²) in [6.07, 6.45) is 6.50. The lowest BCUT2D eigenvalue weighted by Gasteiger charge is -2.28. The molecule has 2 heterocycles. The molecule has 3 aromatic rings. The van der Waals surface area contributed by atoms with Crippen molar-refractivity contribution in [1.29, 1.82) is 0 Å². The molecule has 7 nitrogen and oxygen atoms in total. The number of aliphatic hydroxyl groups excluding tert-OH is 1. The fourth-order valence-corrected chi connectivity index (χ4v) is 4.16. The van der Waals surface area contributed by atoms with Gasteiger partial charge in [-0.1, -0.05) is 0 Å². The van der Waals surface area contributed by atoms with E-state index in [1.54, 1.807) is 18.3 Å². The zero-order valence-electron chi connectivity index (χ0n) is 19.5. The van der Waals surface area contributed by atoms with Crippen LogP contribution in [0.2, 0.25) is 0 Å². The van der Waals surface area contributed by atoms with Crippen LogP contribution in [0.1, 0.15) is 52.5 Å². The SMILES string of the molecule is CC(C)(C)NCCOc1nccc(-c2c(-c3ccc(F)cc3)ncn2C2CCC(O)CC2)n1. The van der Waals surface area contributed by atoms with Gasteiger partial charge < -0.3 is 19.7 Å². The zero-order valence-corrected chi connectivity index (χ0v) is 19.5. The first-order valence-corrected chi connectivity index (χ1v) is 11.5. The number of aliphatic hydroxyl groups is 1. The van der Waals surface area contributed by atoms with Crippen molar-refractivity contribution >= 4 is 0 Å². The minimum absolute atomic E-state index is 0.0101. The zero-order chi connectivity index (χ0) is 23.4. The normalized spacial score (nSPS) is 18.9. The van der Waals surface area contributed by atoms with Crippen molar-refractivity contribution in [3.05, 3.63) is 48.7 Å². The summed E-state index contributed by atoms with van der Waals surface area (Å²) in [7, 11) is 0. The van der Waals surface area contributed by atoms with Gasteiger partial charge in [0.05, 0.1) is 29.5 Å². The summed E-state index contributed by atoms with van der Waals surface area (Å²) in [5, 5.41) is 13.3. The van der Waals surface area contributed by atoms with Gasteiger partial charge in [0.15, 0.2) is 0 Å². The van der Waals surface area contributed by atoms with Crippen LogP contribution in [0.5, 0.6) is 6.01 Å². The van der Waals surface area contributed by atoms with Gasteiger partial charge in [0, 0.05) is 29.9 Å². The average molecular weight is 454 g/mol. The van der Waals surface area contributed by atoms with Gasteiger partial charge in [-0.2, -0.15) is 4.98 Å². The quantitative estimate of drug-likeness (QED) is 0.516. The monoisotopic (exact) mass is 453 g/mol. The van der Waals surface area contributed by atoms with E-state index in [0.29, 0.717) is 24.9 Å². The number of ether oxygens (including phenoxy) is 1. The Balaban J connectivity index is 1.65. The lowest BCUT2D eigenvalue weighted by molar-refractivity contribution is 0.111. The average Bonchev–Trinajstić information content (AvgIpc) is 3.22. The van der Waals surface area contributed by atoms with Crippen LogP contribution in [0.15, 0.2) is 42.9 Å². The van der Waals surface area contributed by atoms with Gasteiger partial charge in [-0.05, 0) is 76.8 Å². The molecule has 1 aromatic carbocycles. The Labute approximate surface area is 194 Å². The molecule has 1 fully saturated rings. The Morgan fingerprint density at radius 2 is 1.82 bits per heavy atom. The molecule has 8 heteroatoms. The van der Waals surface area contributed by atoms with Crippen molar-refractivity contribution in [3.63, 3.8) is 0 Å². The van der Waals surface area contributed by atoms with Crippen molar-refractivity contribution in [1.82, 2.24) is 24.8 Å². The maximum atomic E-state index is 13.5. The highest BCUT2D eigenvalue weighted by Gasteiger charge is 2.26. The van der Waals surface area contributed by atoms with E-state index in [1.165, 1.54) is 12.1 Å². The lowest BCUT2D eigenvalue weighted by atomic mass is 9.92. The third-order valence-electron chi connectivity index (χ3n) is 5.84. The molecule has 2 aromatic heterocycles. The Morgan fingerprint density at radius 1 is 1.09 bits per heavy atom. The van der Waals surface area contributed by atoms with Crippen LogP contribution in [0, 0.1) is 5.82 Å². The number of nitrogens with one attached hydrogen (secondary N) is 1. The van der Waals surface area contributed by atoms with Gasteiger partial charge in [-0.15, -0.1) is 0 Å². The van der Waals surface area contributed by atoms with E-state index in [1.807, 2.05) is 12.4 Å². The van der Waals surface area contributed by atoms with Crippen molar-refractivity contribution < 1.29 is 14.2 Å². The maximum Gasteiger partial charge on any atom is 0.316 e. The van der Waals surface area contributed by atoms with Gasteiger partial charge in [0.1, 0.15) is 12.4 Å². The van der Waals surface area contributed by atoms with Gasteiger partial charge in [-0.25, -0.2) is 14.4 Å². The number of rotatable bonds is 7. The van der Waals surface area contributed by atoms with Crippen molar-refractivity contribution in [2.45, 2.75) is 64.1 Å². The highest BCUT2D eigenvalue weighted by Crippen LogP contribution is 2.37. The fraction of sp³-hybridized carbons (Fsp3) is 0.480. The third kappa shape index (κ3) is 5.94. The predicted molar refractivity (Wildman–Crippen MR) is 125 cm³/mol. The summed E-state index contributed by atoms with van der Waals surface area (Å²) in [4.78, 5) is 13.6. The van der Waals surface area contributed by atoms with Crippen LogP contribution < -0.4 is 10.1 Å². The molecule has 1 aliphatic rings. The van der Waals surface area contributed by atoms with Crippen molar-refractivity contribution in [3.8, 4) is 28.7 Å². The second-order valence-electron chi connectivity index (χ2n) is 9.57. The summed E-state index contributed by atoms with van der Waals surface area (Å²) < 4.78 is 21.5. The second-order valence-corrected chi connectivity index (χ2v) is 9.57. The molecular weight excluding hydrogens is 421 g/mol. The molecule has 0 spiro atoms. The Hall–Kier alpha value is -2.84. The van der Waals surface area contributed by atoms with Crippen LogP contribution in [-0.4, -0.2) is 49.4 Å². The van der Waals surface area contributed by atoms with Crippen LogP contribution in [0.3, 0.4) is 0 Å². The van der Waals surface area contributed by atoms with E-state index >= 15 is 0 Å². The molecular formula is C25H32FN5O2. The van der Waals surface area contributed by atoms with Gasteiger partial charge in [-0.3, -0.25) is 0 Å². The summed E-state index contributed by atoms with van der Waals surface area (Å²) in [5.41, 5.74) is 3.11. The molecule has 0 unspecified atom stereocenters. The summed E-state index contributed by atoms with van der Waals surface area (Å²) in [6, 6.07) is 8.69. The Morgan fingerprint density at radius 3 is 2.52 bits per heavy atom. The number of aromatic nitrogens is 4. The highest BCUT2D eigenvalue weighted by molar-refractivity contribution is 5.77. The van der Waals surface area contributed by atoms with Crippen LogP contribution >= 0.6 is 0 Å². The highest BCUT2D eigenvalue weighted by atomic mass is 19.1. The molecule has 0 atom stereocenters. The summed E-state index contributed by atoms with van der Waals surface area (Å²) in [5.74, 6) is -0.289. The van der Waals surface area contributed by atoms with E-state index in [9.17, 15) is 9.50 Å². The molecule has 0 saturated heterocycles. The van der Waals surface area contributed by atoms with E-state index in [2.05, 4.69) is 45.6 Å². The van der Waals surface area contributed by atoms with Crippen molar-refractivity contribution in [2.24, 2.45) is 0 Å². The van der Waals surface area contributed by atoms with E-state index in [-0.39, 0.29) is 23.5 Å². The van der Waals surface area contributed by atoms with E-state index in [0.717, 1.165) is 42.6 Å². The number of halogens is 1. The number of nitrogens with zero attached hydrogens (tertiary/aromatic N) is 4. The molecule has 176 valence electrons. The Bertz CT molecular complexity index is 1050. The fourth-order valence-electron chi connectivity index (χ4n) is 4.16. The number of benzene rings is 1. The Kier molecular flexibility index (Phi) is 7.05. The maximum absolute atomic E-state index is 13.5. The van der Waals surface area contributed by atoms with E-state index in [4.69, 9.17) is 4.74 Å². The smallest absolute Gasteiger partial charge is 0.316 e. The predicted octanol–water partition coefficient (Wildman–Crippen LogP) is 4.39. The van der Waals surface area contributed by atoms with Gasteiger partial charge >= 0.3 is 6.01 Å². The molecule has 4 rings (SSSR count). The number of imidazole rings is 1. The summed E-state index contributed by atoms with van der Waals surface area (Å²) in [6.45, 7) is 7.44. The first-order chi connectivity index (χ1) is 15.8. The molecule has 0 amide bonds. The third-order valence-corrected chi connectivity index (χ3v) is 5.84. The van der Waals surface area contributed by atoms with Crippen LogP contribution in [0.4, 0.5) is 4.39 Å². The minimum atomic E-state index is -0.289. The van der Waals surface area contributed by atoms with Crippen molar-refractivity contribution in [2.75, 3.05) is 13.2 Å². The minimum Gasteiger partial charge on any atom is -0.462 e. The topological polar surface area (TPSA) is 85.1 Å². The lowest BCUT2D eigenvalue weighted by Crippen LogP contribution is -2.38. The van der Waals surface area contributed by atoms with Crippen LogP contribution in [-0.2, 0) is 0 Å². The number of hydrogen-bond acceptors (Lipinski definition) is 6. The standard InChI is InChI=1S/C25H32FN5O2/c1-25(2,3)29-14-15-33-24-27-13-12-21(30-24)23-22(17-4-6-18(26)7-5-17)28-16-31(23)19-8-10-20(32)11-9-19/h4-7,12-13,16,19-20,29,32H,8-11,14-15H2,1-3H3. The molecule has 1 saturated carbocycles. The molecule has 1 aliphatic carbocycles. The van der Waals surface area contributed by atoms with Gasteiger partial charge in [0.25, 0.3) is 0 Å². The van der Waals surface area contributed by atoms with Gasteiger partial charge in [0.2, 0.25) is 0 Å². The molecule has 0 aliphatic heterocycles. The molecule has 2 N–H and O–H groups in total.